The van der Waals surface area contributed by atoms with Crippen LogP contribution < -0.4 is 11.1 Å². The lowest BCUT2D eigenvalue weighted by Crippen LogP contribution is -2.50. The van der Waals surface area contributed by atoms with E-state index in [2.05, 4.69) is 26.1 Å². The number of hydrogen-bond donors (Lipinski definition) is 2. The topological polar surface area (TPSA) is 92.5 Å². The van der Waals surface area contributed by atoms with Crippen molar-refractivity contribution in [2.24, 2.45) is 17.1 Å². The van der Waals surface area contributed by atoms with Crippen LogP contribution in [-0.2, 0) is 9.59 Å². The fourth-order valence-corrected chi connectivity index (χ4v) is 3.62. The summed E-state index contributed by atoms with van der Waals surface area (Å²) in [7, 11) is 0. The summed E-state index contributed by atoms with van der Waals surface area (Å²) in [5.74, 6) is -0.117. The predicted molar refractivity (Wildman–Crippen MR) is 82.8 cm³/mol. The van der Waals surface area contributed by atoms with Gasteiger partial charge in [-0.15, -0.1) is 0 Å². The van der Waals surface area contributed by atoms with Gasteiger partial charge in [0.2, 0.25) is 5.91 Å². The predicted octanol–water partition coefficient (Wildman–Crippen LogP) is 1.78. The van der Waals surface area contributed by atoms with Crippen LogP contribution in [0.25, 0.3) is 0 Å². The van der Waals surface area contributed by atoms with E-state index in [0.29, 0.717) is 18.8 Å². The third kappa shape index (κ3) is 2.96. The highest BCUT2D eigenvalue weighted by atomic mass is 16.2. The molecule has 2 rings (SSSR count). The van der Waals surface area contributed by atoms with Crippen LogP contribution in [0, 0.1) is 11.3 Å². The summed E-state index contributed by atoms with van der Waals surface area (Å²) < 4.78 is 0. The molecule has 1 aliphatic heterocycles. The SMILES string of the molecule is CCC(C)(C)C1CCC2(CC1)NC(=O)N(CCC(N)=O)C2=O. The molecule has 3 N–H and O–H groups in total. The second kappa shape index (κ2) is 5.89. The van der Waals surface area contributed by atoms with Gasteiger partial charge in [0.1, 0.15) is 5.54 Å². The molecule has 1 heterocycles. The molecule has 0 aromatic carbocycles. The first-order chi connectivity index (χ1) is 10.2. The van der Waals surface area contributed by atoms with Gasteiger partial charge in [-0.1, -0.05) is 27.2 Å². The molecule has 22 heavy (non-hydrogen) atoms. The molecule has 0 aromatic rings. The van der Waals surface area contributed by atoms with Crippen LogP contribution in [0.15, 0.2) is 0 Å². The Kier molecular flexibility index (Phi) is 4.49. The standard InChI is InChI=1S/C16H27N3O3/c1-4-15(2,3)11-5-8-16(9-6-11)13(21)19(14(22)18-16)10-7-12(17)20/h11H,4-10H2,1-3H3,(H2,17,20)(H,18,22). The van der Waals surface area contributed by atoms with Crippen molar-refractivity contribution < 1.29 is 14.4 Å². The molecule has 1 aliphatic carbocycles. The molecule has 0 bridgehead atoms. The Morgan fingerprint density at radius 1 is 1.36 bits per heavy atom. The number of primary amides is 1. The summed E-state index contributed by atoms with van der Waals surface area (Å²) >= 11 is 0. The molecule has 0 radical (unpaired) electrons. The highest BCUT2D eigenvalue weighted by Crippen LogP contribution is 2.45. The maximum Gasteiger partial charge on any atom is 0.325 e. The monoisotopic (exact) mass is 309 g/mol. The number of nitrogens with zero attached hydrogens (tertiary/aromatic N) is 1. The zero-order valence-electron chi connectivity index (χ0n) is 13.8. The highest BCUT2D eigenvalue weighted by molar-refractivity contribution is 6.07. The Morgan fingerprint density at radius 2 is 1.95 bits per heavy atom. The quantitative estimate of drug-likeness (QED) is 0.758. The third-order valence-corrected chi connectivity index (χ3v) is 5.68. The molecule has 1 spiro atoms. The van der Waals surface area contributed by atoms with E-state index in [1.165, 1.54) is 0 Å². The van der Waals surface area contributed by atoms with Gasteiger partial charge in [-0.3, -0.25) is 14.5 Å². The van der Waals surface area contributed by atoms with Gasteiger partial charge < -0.3 is 11.1 Å². The number of hydrogen-bond acceptors (Lipinski definition) is 3. The molecule has 124 valence electrons. The van der Waals surface area contributed by atoms with Crippen LogP contribution in [0.2, 0.25) is 0 Å². The summed E-state index contributed by atoms with van der Waals surface area (Å²) in [6, 6.07) is -0.389. The lowest BCUT2D eigenvalue weighted by molar-refractivity contribution is -0.133. The molecule has 2 aliphatic rings. The first-order valence-electron chi connectivity index (χ1n) is 8.14. The fourth-order valence-electron chi connectivity index (χ4n) is 3.62. The number of imide groups is 1. The summed E-state index contributed by atoms with van der Waals surface area (Å²) in [6.07, 6.45) is 4.36. The van der Waals surface area contributed by atoms with Gasteiger partial charge >= 0.3 is 6.03 Å². The zero-order chi connectivity index (χ0) is 16.5. The van der Waals surface area contributed by atoms with E-state index in [4.69, 9.17) is 5.73 Å². The van der Waals surface area contributed by atoms with Crippen LogP contribution in [0.1, 0.15) is 59.3 Å². The van der Waals surface area contributed by atoms with Crippen LogP contribution in [0.4, 0.5) is 4.79 Å². The first-order valence-corrected chi connectivity index (χ1v) is 8.14. The highest BCUT2D eigenvalue weighted by Gasteiger charge is 2.53. The number of nitrogens with two attached hydrogens (primary N) is 1. The lowest BCUT2D eigenvalue weighted by Gasteiger charge is -2.42. The van der Waals surface area contributed by atoms with Gasteiger partial charge in [0.25, 0.3) is 5.91 Å². The second-order valence-electron chi connectivity index (χ2n) is 7.30. The Morgan fingerprint density at radius 3 is 2.45 bits per heavy atom. The number of amides is 4. The Labute approximate surface area is 131 Å². The molecule has 0 aromatic heterocycles. The van der Waals surface area contributed by atoms with E-state index < -0.39 is 11.4 Å². The van der Waals surface area contributed by atoms with Crippen LogP contribution in [0.3, 0.4) is 0 Å². The number of nitrogens with one attached hydrogen (secondary N) is 1. The average molecular weight is 309 g/mol. The molecule has 6 heteroatoms. The smallest absolute Gasteiger partial charge is 0.325 e. The van der Waals surface area contributed by atoms with Crippen LogP contribution >= 0.6 is 0 Å². The summed E-state index contributed by atoms with van der Waals surface area (Å²) in [5.41, 5.74) is 4.61. The zero-order valence-corrected chi connectivity index (χ0v) is 13.8. The minimum atomic E-state index is -0.755. The van der Waals surface area contributed by atoms with Crippen molar-refractivity contribution in [2.75, 3.05) is 6.54 Å². The average Bonchev–Trinajstić information content (AvgIpc) is 2.68. The summed E-state index contributed by atoms with van der Waals surface area (Å²) in [6.45, 7) is 6.80. The molecule has 1 saturated heterocycles. The van der Waals surface area contributed by atoms with Gasteiger partial charge in [-0.25, -0.2) is 4.79 Å². The maximum atomic E-state index is 12.6. The van der Waals surface area contributed by atoms with Crippen molar-refractivity contribution in [1.29, 1.82) is 0 Å². The third-order valence-electron chi connectivity index (χ3n) is 5.68. The maximum absolute atomic E-state index is 12.6. The molecule has 0 atom stereocenters. The molecule has 0 unspecified atom stereocenters. The van der Waals surface area contributed by atoms with E-state index in [1.807, 2.05) is 0 Å². The van der Waals surface area contributed by atoms with Crippen LogP contribution in [-0.4, -0.2) is 34.8 Å². The second-order valence-corrected chi connectivity index (χ2v) is 7.30. The van der Waals surface area contributed by atoms with Crippen molar-refractivity contribution in [1.82, 2.24) is 10.2 Å². The van der Waals surface area contributed by atoms with Gasteiger partial charge in [-0.2, -0.15) is 0 Å². The van der Waals surface area contributed by atoms with Crippen molar-refractivity contribution in [3.05, 3.63) is 0 Å². The van der Waals surface area contributed by atoms with Crippen molar-refractivity contribution in [3.63, 3.8) is 0 Å². The minimum Gasteiger partial charge on any atom is -0.370 e. The van der Waals surface area contributed by atoms with Gasteiger partial charge in [0, 0.05) is 13.0 Å². The Balaban J connectivity index is 2.03. The van der Waals surface area contributed by atoms with E-state index in [0.717, 1.165) is 24.2 Å². The first kappa shape index (κ1) is 16.8. The summed E-state index contributed by atoms with van der Waals surface area (Å²) in [5, 5.41) is 2.87. The van der Waals surface area contributed by atoms with E-state index in [1.54, 1.807) is 0 Å². The van der Waals surface area contributed by atoms with E-state index in [9.17, 15) is 14.4 Å². The normalized spacial score (nSPS) is 29.0. The van der Waals surface area contributed by atoms with E-state index in [-0.39, 0.29) is 30.3 Å². The van der Waals surface area contributed by atoms with Crippen molar-refractivity contribution >= 4 is 17.8 Å². The summed E-state index contributed by atoms with van der Waals surface area (Å²) in [4.78, 5) is 36.7. The Hall–Kier alpha value is -1.59. The van der Waals surface area contributed by atoms with E-state index >= 15 is 0 Å². The van der Waals surface area contributed by atoms with Crippen molar-refractivity contribution in [3.8, 4) is 0 Å². The molecule has 1 saturated carbocycles. The molecule has 2 fully saturated rings. The molecular weight excluding hydrogens is 282 g/mol. The molecule has 4 amide bonds. The number of urea groups is 1. The fraction of sp³-hybridized carbons (Fsp3) is 0.812. The largest absolute Gasteiger partial charge is 0.370 e. The number of carbonyl (C=O) groups excluding carboxylic acids is 3. The molecular formula is C16H27N3O3. The molecule has 6 nitrogen and oxygen atoms in total. The van der Waals surface area contributed by atoms with Gasteiger partial charge in [-0.05, 0) is 37.0 Å². The number of carbonyl (C=O) groups is 3. The Bertz CT molecular complexity index is 479. The van der Waals surface area contributed by atoms with Gasteiger partial charge in [0.05, 0.1) is 0 Å². The lowest BCUT2D eigenvalue weighted by atomic mass is 9.65. The van der Waals surface area contributed by atoms with Gasteiger partial charge in [0.15, 0.2) is 0 Å². The number of rotatable bonds is 5. The minimum absolute atomic E-state index is 0.0146. The van der Waals surface area contributed by atoms with Crippen LogP contribution in [0.5, 0.6) is 0 Å². The van der Waals surface area contributed by atoms with Crippen molar-refractivity contribution in [2.45, 2.75) is 64.8 Å².